The molecule has 2 aromatic carbocycles. The van der Waals surface area contributed by atoms with Gasteiger partial charge in [0, 0.05) is 3.57 Å². The summed E-state index contributed by atoms with van der Waals surface area (Å²) < 4.78 is 14.3. The van der Waals surface area contributed by atoms with E-state index in [0.717, 1.165) is 8.47 Å². The van der Waals surface area contributed by atoms with Gasteiger partial charge >= 0.3 is 0 Å². The Balaban J connectivity index is 1.93. The first-order valence-corrected chi connectivity index (χ1v) is 7.52. The number of nitrogens with zero attached hydrogens (tertiary/aromatic N) is 1. The highest BCUT2D eigenvalue weighted by atomic mass is 127. The Kier molecular flexibility index (Phi) is 3.71. The summed E-state index contributed by atoms with van der Waals surface area (Å²) in [5.74, 6) is -1.29. The molecule has 0 saturated heterocycles. The molecule has 2 aromatic rings. The van der Waals surface area contributed by atoms with E-state index in [-0.39, 0.29) is 23.4 Å². The quantitative estimate of drug-likeness (QED) is 0.551. The molecule has 1 aliphatic rings. The number of fused-ring (bicyclic) bond motifs is 1. The van der Waals surface area contributed by atoms with Crippen LogP contribution in [0.1, 0.15) is 26.3 Å². The number of amides is 2. The van der Waals surface area contributed by atoms with Crippen LogP contribution in [0.5, 0.6) is 0 Å². The van der Waals surface area contributed by atoms with Crippen LogP contribution in [0.3, 0.4) is 0 Å². The highest BCUT2D eigenvalue weighted by Gasteiger charge is 2.35. The first-order chi connectivity index (χ1) is 9.97. The maximum Gasteiger partial charge on any atom is 0.261 e. The number of imide groups is 1. The second-order valence-corrected chi connectivity index (χ2v) is 6.29. The Morgan fingerprint density at radius 1 is 1.05 bits per heavy atom. The van der Waals surface area contributed by atoms with E-state index in [0.29, 0.717) is 16.7 Å². The number of rotatable bonds is 2. The summed E-state index contributed by atoms with van der Waals surface area (Å²) in [7, 11) is 0. The molecular formula is C15H8ClFINO2. The van der Waals surface area contributed by atoms with Crippen molar-refractivity contribution in [2.75, 3.05) is 0 Å². The van der Waals surface area contributed by atoms with Crippen LogP contribution in [0.2, 0.25) is 5.02 Å². The smallest absolute Gasteiger partial charge is 0.261 e. The third-order valence-electron chi connectivity index (χ3n) is 3.26. The third kappa shape index (κ3) is 2.55. The lowest BCUT2D eigenvalue weighted by Crippen LogP contribution is -2.29. The summed E-state index contributed by atoms with van der Waals surface area (Å²) in [6.07, 6.45) is 0. The van der Waals surface area contributed by atoms with Gasteiger partial charge in [0.15, 0.2) is 0 Å². The molecule has 2 amide bonds. The summed E-state index contributed by atoms with van der Waals surface area (Å²) >= 11 is 7.70. The van der Waals surface area contributed by atoms with Crippen molar-refractivity contribution < 1.29 is 14.0 Å². The van der Waals surface area contributed by atoms with Crippen molar-refractivity contribution in [3.8, 4) is 0 Å². The fraction of sp³-hybridized carbons (Fsp3) is 0.0667. The highest BCUT2D eigenvalue weighted by molar-refractivity contribution is 14.1. The summed E-state index contributed by atoms with van der Waals surface area (Å²) in [5.41, 5.74) is 1.29. The van der Waals surface area contributed by atoms with Gasteiger partial charge in [-0.15, -0.1) is 0 Å². The molecule has 0 spiro atoms. The van der Waals surface area contributed by atoms with Crippen LogP contribution in [0.15, 0.2) is 36.4 Å². The van der Waals surface area contributed by atoms with Gasteiger partial charge in [-0.25, -0.2) is 4.39 Å². The Hall–Kier alpha value is -1.47. The van der Waals surface area contributed by atoms with Crippen LogP contribution >= 0.6 is 34.2 Å². The van der Waals surface area contributed by atoms with E-state index in [2.05, 4.69) is 22.6 Å². The van der Waals surface area contributed by atoms with Gasteiger partial charge in [-0.1, -0.05) is 17.7 Å². The number of hydrogen-bond acceptors (Lipinski definition) is 2. The minimum atomic E-state index is -0.569. The van der Waals surface area contributed by atoms with Gasteiger partial charge in [-0.05, 0) is 58.5 Å². The van der Waals surface area contributed by atoms with E-state index in [4.69, 9.17) is 11.6 Å². The first kappa shape index (κ1) is 14.5. The molecule has 0 fully saturated rings. The maximum absolute atomic E-state index is 13.4. The average Bonchev–Trinajstić information content (AvgIpc) is 2.68. The Morgan fingerprint density at radius 3 is 2.48 bits per heavy atom. The number of halogens is 3. The third-order valence-corrected chi connectivity index (χ3v) is 4.23. The summed E-state index contributed by atoms with van der Waals surface area (Å²) in [6, 6.07) is 9.33. The van der Waals surface area contributed by atoms with E-state index in [9.17, 15) is 14.0 Å². The first-order valence-electron chi connectivity index (χ1n) is 6.07. The number of carbonyl (C=O) groups is 2. The molecule has 1 heterocycles. The lowest BCUT2D eigenvalue weighted by molar-refractivity contribution is 0.0642. The zero-order valence-electron chi connectivity index (χ0n) is 10.6. The molecule has 1 aliphatic heterocycles. The number of carbonyl (C=O) groups excluding carboxylic acids is 2. The highest BCUT2D eigenvalue weighted by Crippen LogP contribution is 2.26. The molecule has 0 N–H and O–H groups in total. The Labute approximate surface area is 138 Å². The van der Waals surface area contributed by atoms with Crippen molar-refractivity contribution in [1.29, 1.82) is 0 Å². The van der Waals surface area contributed by atoms with E-state index in [1.165, 1.54) is 12.1 Å². The molecule has 0 unspecified atom stereocenters. The van der Waals surface area contributed by atoms with Crippen molar-refractivity contribution in [2.45, 2.75) is 6.54 Å². The van der Waals surface area contributed by atoms with Gasteiger partial charge in [0.25, 0.3) is 11.8 Å². The summed E-state index contributed by atoms with van der Waals surface area (Å²) in [5, 5.41) is 0.00987. The number of hydrogen-bond donors (Lipinski definition) is 0. The van der Waals surface area contributed by atoms with Gasteiger partial charge < -0.3 is 0 Å². The molecule has 0 atom stereocenters. The molecule has 21 heavy (non-hydrogen) atoms. The second-order valence-electron chi connectivity index (χ2n) is 4.63. The van der Waals surface area contributed by atoms with E-state index in [1.807, 2.05) is 0 Å². The van der Waals surface area contributed by atoms with Gasteiger partial charge in [-0.3, -0.25) is 14.5 Å². The second kappa shape index (κ2) is 5.38. The zero-order valence-corrected chi connectivity index (χ0v) is 13.5. The van der Waals surface area contributed by atoms with Crippen LogP contribution in [0.25, 0.3) is 0 Å². The van der Waals surface area contributed by atoms with Gasteiger partial charge in [0.2, 0.25) is 0 Å². The molecule has 3 nitrogen and oxygen atoms in total. The fourth-order valence-corrected chi connectivity index (χ4v) is 2.84. The molecule has 0 saturated carbocycles. The fourth-order valence-electron chi connectivity index (χ4n) is 2.23. The standard InChI is InChI=1S/C15H8ClFINO2/c16-12-4-1-8(5-13(12)17)7-19-14(20)10-3-2-9(18)6-11(10)15(19)21/h1-6H,7H2. The molecule has 0 radical (unpaired) electrons. The molecule has 106 valence electrons. The van der Waals surface area contributed by atoms with Crippen molar-refractivity contribution in [3.05, 3.63) is 67.5 Å². The van der Waals surface area contributed by atoms with Gasteiger partial charge in [-0.2, -0.15) is 0 Å². The molecule has 0 bridgehead atoms. The van der Waals surface area contributed by atoms with E-state index < -0.39 is 5.82 Å². The van der Waals surface area contributed by atoms with Gasteiger partial charge in [0.1, 0.15) is 5.82 Å². The molecule has 0 aliphatic carbocycles. The topological polar surface area (TPSA) is 37.4 Å². The van der Waals surface area contributed by atoms with E-state index >= 15 is 0 Å². The molecule has 3 rings (SSSR count). The number of benzene rings is 2. The Morgan fingerprint density at radius 2 is 1.76 bits per heavy atom. The SMILES string of the molecule is O=C1c2ccc(I)cc2C(=O)N1Cc1ccc(Cl)c(F)c1. The average molecular weight is 416 g/mol. The molecule has 6 heteroatoms. The normalized spacial score (nSPS) is 13.8. The van der Waals surface area contributed by atoms with Crippen molar-refractivity contribution in [1.82, 2.24) is 4.90 Å². The lowest BCUT2D eigenvalue weighted by atomic mass is 10.1. The van der Waals surface area contributed by atoms with E-state index in [1.54, 1.807) is 24.3 Å². The lowest BCUT2D eigenvalue weighted by Gasteiger charge is -2.14. The van der Waals surface area contributed by atoms with Crippen LogP contribution < -0.4 is 0 Å². The van der Waals surface area contributed by atoms with Crippen LogP contribution in [-0.4, -0.2) is 16.7 Å². The predicted molar refractivity (Wildman–Crippen MR) is 84.8 cm³/mol. The van der Waals surface area contributed by atoms with Crippen LogP contribution in [-0.2, 0) is 6.54 Å². The van der Waals surface area contributed by atoms with Gasteiger partial charge in [0.05, 0.1) is 22.7 Å². The Bertz CT molecular complexity index is 778. The van der Waals surface area contributed by atoms with Crippen LogP contribution in [0, 0.1) is 9.39 Å². The predicted octanol–water partition coefficient (Wildman–Crippen LogP) is 3.88. The summed E-state index contributed by atoms with van der Waals surface area (Å²) in [6.45, 7) is 0.0248. The minimum absolute atomic E-state index is 0.00987. The summed E-state index contributed by atoms with van der Waals surface area (Å²) in [4.78, 5) is 25.7. The maximum atomic E-state index is 13.4. The van der Waals surface area contributed by atoms with Crippen molar-refractivity contribution in [3.63, 3.8) is 0 Å². The van der Waals surface area contributed by atoms with Crippen molar-refractivity contribution >= 4 is 46.0 Å². The molecular weight excluding hydrogens is 408 g/mol. The largest absolute Gasteiger partial charge is 0.270 e. The van der Waals surface area contributed by atoms with Crippen LogP contribution in [0.4, 0.5) is 4.39 Å². The van der Waals surface area contributed by atoms with Crippen molar-refractivity contribution in [2.24, 2.45) is 0 Å². The molecule has 0 aromatic heterocycles. The minimum Gasteiger partial charge on any atom is -0.270 e. The monoisotopic (exact) mass is 415 g/mol. The zero-order chi connectivity index (χ0) is 15.1.